The van der Waals surface area contributed by atoms with Crippen LogP contribution in [0.2, 0.25) is 0 Å². The van der Waals surface area contributed by atoms with Crippen LogP contribution in [0.15, 0.2) is 91.0 Å². The average molecular weight is 663 g/mol. The molecule has 4 aromatic rings. The van der Waals surface area contributed by atoms with Crippen LogP contribution < -0.4 is 26.0 Å². The number of ketones is 1. The van der Waals surface area contributed by atoms with Crippen LogP contribution in [0.5, 0.6) is 5.75 Å². The molecule has 0 bridgehead atoms. The zero-order valence-corrected chi connectivity index (χ0v) is 27.7. The van der Waals surface area contributed by atoms with Crippen LogP contribution in [0.25, 0.3) is 11.3 Å². The highest BCUT2D eigenvalue weighted by molar-refractivity contribution is 6.37. The van der Waals surface area contributed by atoms with Gasteiger partial charge in [-0.25, -0.2) is 4.39 Å². The third kappa shape index (κ3) is 7.24. The SMILES string of the molecule is COc1ccccc1C(=O)C(N)c1cccc(C(Nc2ccc(N(C)C(=O)CN3CCN(C)CC3)cc2)=C2C(=O)Nc3cc(F)ccc32)c1. The van der Waals surface area contributed by atoms with Crippen LogP contribution in [-0.4, -0.2) is 81.3 Å². The van der Waals surface area contributed by atoms with E-state index in [-0.39, 0.29) is 11.7 Å². The molecule has 0 aliphatic carbocycles. The maximum absolute atomic E-state index is 14.1. The molecule has 0 spiro atoms. The summed E-state index contributed by atoms with van der Waals surface area (Å²) >= 11 is 0. The number of halogens is 1. The molecule has 4 aromatic carbocycles. The van der Waals surface area contributed by atoms with Crippen LogP contribution in [0.4, 0.5) is 21.5 Å². The Morgan fingerprint density at radius 3 is 2.45 bits per heavy atom. The molecule has 2 aliphatic rings. The first-order valence-electron chi connectivity index (χ1n) is 16.1. The van der Waals surface area contributed by atoms with Gasteiger partial charge in [-0.2, -0.15) is 0 Å². The number of hydrogen-bond acceptors (Lipinski definition) is 8. The number of rotatable bonds is 10. The number of nitrogens with zero attached hydrogens (tertiary/aromatic N) is 3. The number of anilines is 3. The normalized spacial score (nSPS) is 16.4. The van der Waals surface area contributed by atoms with Crippen molar-refractivity contribution in [3.05, 3.63) is 119 Å². The van der Waals surface area contributed by atoms with Gasteiger partial charge in [-0.15, -0.1) is 0 Å². The first-order valence-corrected chi connectivity index (χ1v) is 16.1. The molecule has 2 amide bonds. The van der Waals surface area contributed by atoms with Crippen LogP contribution in [0.1, 0.15) is 33.1 Å². The molecule has 10 nitrogen and oxygen atoms in total. The number of para-hydroxylation sites is 1. The number of ether oxygens (including phenoxy) is 1. The fraction of sp³-hybridized carbons (Fsp3) is 0.237. The lowest BCUT2D eigenvalue weighted by Gasteiger charge is -2.32. The number of nitrogens with one attached hydrogen (secondary N) is 2. The van der Waals surface area contributed by atoms with E-state index in [2.05, 4.69) is 27.5 Å². The molecular formula is C38H39FN6O4. The number of carbonyl (C=O) groups excluding carboxylic acids is 3. The molecule has 6 rings (SSSR count). The second-order valence-corrected chi connectivity index (χ2v) is 12.3. The predicted molar refractivity (Wildman–Crippen MR) is 190 cm³/mol. The Bertz CT molecular complexity index is 1920. The number of Topliss-reactive ketones (excluding diaryl/α,β-unsaturated/α-hetero) is 1. The third-order valence-electron chi connectivity index (χ3n) is 9.02. The number of methoxy groups -OCH3 is 1. The van der Waals surface area contributed by atoms with Crippen LogP contribution in [-0.2, 0) is 9.59 Å². The molecule has 1 saturated heterocycles. The topological polar surface area (TPSA) is 120 Å². The van der Waals surface area contributed by atoms with Gasteiger partial charge < -0.3 is 30.9 Å². The number of amides is 2. The lowest BCUT2D eigenvalue weighted by Crippen LogP contribution is -2.48. The minimum atomic E-state index is -1.01. The van der Waals surface area contributed by atoms with Crippen molar-refractivity contribution in [2.75, 3.05) is 69.5 Å². The fourth-order valence-corrected chi connectivity index (χ4v) is 6.09. The Kier molecular flexibility index (Phi) is 9.86. The highest BCUT2D eigenvalue weighted by Gasteiger charge is 2.30. The Morgan fingerprint density at radius 2 is 1.71 bits per heavy atom. The summed E-state index contributed by atoms with van der Waals surface area (Å²) in [6.45, 7) is 3.90. The van der Waals surface area contributed by atoms with E-state index in [1.807, 2.05) is 30.3 Å². The standard InChI is InChI=1S/C38H39FN6O4/c1-43-17-19-45(20-18-43)23-33(46)44(2)28-14-12-27(13-15-28)41-36(34-29-16-11-26(39)22-31(29)42-38(34)48)25-8-6-7-24(21-25)35(40)37(47)30-9-4-5-10-32(30)49-3/h4-16,21-22,35,41H,17-20,23,40H2,1-3H3,(H,42,48). The van der Waals surface area contributed by atoms with Crippen molar-refractivity contribution < 1.29 is 23.5 Å². The minimum Gasteiger partial charge on any atom is -0.496 e. The smallest absolute Gasteiger partial charge is 0.258 e. The molecule has 1 unspecified atom stereocenters. The Hall–Kier alpha value is -5.36. The van der Waals surface area contributed by atoms with Crippen molar-refractivity contribution in [2.45, 2.75) is 6.04 Å². The summed E-state index contributed by atoms with van der Waals surface area (Å²) in [5, 5.41) is 6.16. The number of hydrogen-bond donors (Lipinski definition) is 3. The lowest BCUT2D eigenvalue weighted by molar-refractivity contribution is -0.119. The van der Waals surface area contributed by atoms with Crippen molar-refractivity contribution in [3.8, 4) is 5.75 Å². The van der Waals surface area contributed by atoms with E-state index in [9.17, 15) is 18.8 Å². The molecule has 0 radical (unpaired) electrons. The Balaban J connectivity index is 1.31. The third-order valence-corrected chi connectivity index (χ3v) is 9.02. The lowest BCUT2D eigenvalue weighted by atomic mass is 9.94. The fourth-order valence-electron chi connectivity index (χ4n) is 6.09. The van der Waals surface area contributed by atoms with Crippen molar-refractivity contribution in [2.24, 2.45) is 5.73 Å². The van der Waals surface area contributed by atoms with Gasteiger partial charge in [0.2, 0.25) is 5.91 Å². The molecular weight excluding hydrogens is 623 g/mol. The van der Waals surface area contributed by atoms with E-state index >= 15 is 0 Å². The molecule has 2 heterocycles. The molecule has 0 saturated carbocycles. The highest BCUT2D eigenvalue weighted by Crippen LogP contribution is 2.38. The van der Waals surface area contributed by atoms with Gasteiger partial charge in [0.25, 0.3) is 5.91 Å². The summed E-state index contributed by atoms with van der Waals surface area (Å²) in [5.41, 5.74) is 11.0. The number of carbonyl (C=O) groups is 3. The van der Waals surface area contributed by atoms with Crippen molar-refractivity contribution >= 4 is 45.9 Å². The van der Waals surface area contributed by atoms with Gasteiger partial charge in [0.15, 0.2) is 5.78 Å². The van der Waals surface area contributed by atoms with Gasteiger partial charge in [0.1, 0.15) is 11.6 Å². The quantitative estimate of drug-likeness (QED) is 0.163. The number of likely N-dealkylation sites (N-methyl/N-ethyl adjacent to an activating group) is 2. The zero-order chi connectivity index (χ0) is 34.7. The molecule has 0 aromatic heterocycles. The number of fused-ring (bicyclic) bond motifs is 1. The first kappa shape index (κ1) is 33.5. The monoisotopic (exact) mass is 662 g/mol. The van der Waals surface area contributed by atoms with E-state index in [1.54, 1.807) is 60.5 Å². The Morgan fingerprint density at radius 1 is 0.980 bits per heavy atom. The zero-order valence-electron chi connectivity index (χ0n) is 27.7. The molecule has 252 valence electrons. The van der Waals surface area contributed by atoms with E-state index in [1.165, 1.54) is 19.2 Å². The first-order chi connectivity index (χ1) is 23.6. The van der Waals surface area contributed by atoms with Crippen LogP contribution in [0.3, 0.4) is 0 Å². The van der Waals surface area contributed by atoms with Gasteiger partial charge >= 0.3 is 0 Å². The summed E-state index contributed by atoms with van der Waals surface area (Å²) in [4.78, 5) is 46.1. The van der Waals surface area contributed by atoms with Gasteiger partial charge in [-0.3, -0.25) is 19.3 Å². The molecule has 4 N–H and O–H groups in total. The number of benzene rings is 4. The number of nitrogens with two attached hydrogens (primary N) is 1. The van der Waals surface area contributed by atoms with Crippen LogP contribution >= 0.6 is 0 Å². The second kappa shape index (κ2) is 14.4. The van der Waals surface area contributed by atoms with Crippen molar-refractivity contribution in [3.63, 3.8) is 0 Å². The molecule has 1 atom stereocenters. The summed E-state index contributed by atoms with van der Waals surface area (Å²) in [6, 6.07) is 24.5. The molecule has 2 aliphatic heterocycles. The van der Waals surface area contributed by atoms with Crippen molar-refractivity contribution in [1.29, 1.82) is 0 Å². The maximum atomic E-state index is 14.1. The van der Waals surface area contributed by atoms with E-state index in [0.717, 1.165) is 31.9 Å². The summed E-state index contributed by atoms with van der Waals surface area (Å²) < 4.78 is 19.5. The molecule has 1 fully saturated rings. The van der Waals surface area contributed by atoms with Crippen LogP contribution in [0, 0.1) is 5.82 Å². The number of piperazine rings is 1. The van der Waals surface area contributed by atoms with Crippen molar-refractivity contribution in [1.82, 2.24) is 9.80 Å². The van der Waals surface area contributed by atoms with E-state index in [4.69, 9.17) is 10.5 Å². The summed E-state index contributed by atoms with van der Waals surface area (Å²) in [7, 11) is 5.33. The highest BCUT2D eigenvalue weighted by atomic mass is 19.1. The molecule has 11 heteroatoms. The van der Waals surface area contributed by atoms with Gasteiger partial charge in [-0.05, 0) is 78.8 Å². The summed E-state index contributed by atoms with van der Waals surface area (Å²) in [5.74, 6) is -0.785. The van der Waals surface area contributed by atoms with Gasteiger partial charge in [-0.1, -0.05) is 30.3 Å². The minimum absolute atomic E-state index is 0.00430. The van der Waals surface area contributed by atoms with Gasteiger partial charge in [0.05, 0.1) is 42.2 Å². The Labute approximate surface area is 284 Å². The van der Waals surface area contributed by atoms with E-state index in [0.29, 0.717) is 57.2 Å². The predicted octanol–water partition coefficient (Wildman–Crippen LogP) is 4.86. The summed E-state index contributed by atoms with van der Waals surface area (Å²) in [6.07, 6.45) is 0. The maximum Gasteiger partial charge on any atom is 0.258 e. The second-order valence-electron chi connectivity index (χ2n) is 12.3. The molecule has 49 heavy (non-hydrogen) atoms. The van der Waals surface area contributed by atoms with Gasteiger partial charge in [0, 0.05) is 50.2 Å². The van der Waals surface area contributed by atoms with E-state index < -0.39 is 17.8 Å². The average Bonchev–Trinajstić information content (AvgIpc) is 3.44. The largest absolute Gasteiger partial charge is 0.496 e.